The third-order valence-corrected chi connectivity index (χ3v) is 4.50. The normalized spacial score (nSPS) is 15.9. The summed E-state index contributed by atoms with van der Waals surface area (Å²) in [4.78, 5) is 6.21. The lowest BCUT2D eigenvalue weighted by molar-refractivity contribution is 0.393. The smallest absolute Gasteiger partial charge is 0.245 e. The molecule has 27 heavy (non-hydrogen) atoms. The summed E-state index contributed by atoms with van der Waals surface area (Å²) in [7, 11) is 1.88. The first-order valence-electron chi connectivity index (χ1n) is 8.78. The molecule has 1 aliphatic heterocycles. The summed E-state index contributed by atoms with van der Waals surface area (Å²) in [6.45, 7) is 9.69. The second kappa shape index (κ2) is 7.23. The number of hydrogen-bond acceptors (Lipinski definition) is 6. The van der Waals surface area contributed by atoms with Crippen LogP contribution in [0.5, 0.6) is 5.75 Å². The van der Waals surface area contributed by atoms with Crippen LogP contribution in [0.15, 0.2) is 45.5 Å². The minimum absolute atomic E-state index is 0.376. The third-order valence-electron chi connectivity index (χ3n) is 4.50. The summed E-state index contributed by atoms with van der Waals surface area (Å²) in [5.74, 6) is 1.95. The number of nitrogens with one attached hydrogen (secondary N) is 1. The maximum atomic E-state index is 8.14. The first-order chi connectivity index (χ1) is 12.8. The van der Waals surface area contributed by atoms with Crippen molar-refractivity contribution in [3.8, 4) is 16.9 Å². The van der Waals surface area contributed by atoms with E-state index in [1.54, 1.807) is 12.3 Å². The molecule has 1 aromatic carbocycles. The van der Waals surface area contributed by atoms with E-state index in [4.69, 9.17) is 14.7 Å². The molecule has 0 atom stereocenters. The molecule has 0 saturated carbocycles. The van der Waals surface area contributed by atoms with Crippen molar-refractivity contribution in [1.29, 1.82) is 5.41 Å². The van der Waals surface area contributed by atoms with Crippen molar-refractivity contribution in [3.63, 3.8) is 0 Å². The van der Waals surface area contributed by atoms with Gasteiger partial charge in [0.1, 0.15) is 17.2 Å². The minimum Gasteiger partial charge on any atom is -0.436 e. The molecule has 1 N–H and O–H groups in total. The lowest BCUT2D eigenvalue weighted by Gasteiger charge is -2.18. The Morgan fingerprint density at radius 2 is 1.89 bits per heavy atom. The van der Waals surface area contributed by atoms with E-state index in [2.05, 4.69) is 22.3 Å². The zero-order chi connectivity index (χ0) is 19.7. The van der Waals surface area contributed by atoms with Crippen LogP contribution >= 0.6 is 0 Å². The number of aromatic nitrogens is 1. The first-order valence-corrected chi connectivity index (χ1v) is 8.78. The van der Waals surface area contributed by atoms with Crippen LogP contribution in [0.2, 0.25) is 0 Å². The Balaban J connectivity index is 2.05. The summed E-state index contributed by atoms with van der Waals surface area (Å²) in [6, 6.07) is 4.13. The van der Waals surface area contributed by atoms with E-state index in [-0.39, 0.29) is 0 Å². The van der Waals surface area contributed by atoms with Crippen LogP contribution in [0, 0.1) is 33.1 Å². The molecule has 3 rings (SSSR count). The van der Waals surface area contributed by atoms with E-state index in [0.717, 1.165) is 39.5 Å². The highest BCUT2D eigenvalue weighted by molar-refractivity contribution is 6.08. The fraction of sp³-hybridized carbons (Fsp3) is 0.286. The molecule has 6 heteroatoms. The summed E-state index contributed by atoms with van der Waals surface area (Å²) >= 11 is 0. The molecule has 2 heterocycles. The van der Waals surface area contributed by atoms with Gasteiger partial charge in [-0.2, -0.15) is 0 Å². The Kier molecular flexibility index (Phi) is 4.99. The molecule has 0 fully saturated rings. The number of nitrogens with zero attached hydrogens (tertiary/aromatic N) is 3. The van der Waals surface area contributed by atoms with Gasteiger partial charge in [-0.1, -0.05) is 5.16 Å². The van der Waals surface area contributed by atoms with Gasteiger partial charge in [-0.25, -0.2) is 4.99 Å². The zero-order valence-electron chi connectivity index (χ0n) is 16.5. The van der Waals surface area contributed by atoms with Crippen molar-refractivity contribution in [2.24, 2.45) is 4.99 Å². The number of allylic oxidation sites excluding steroid dienone is 1. The Morgan fingerprint density at radius 3 is 2.37 bits per heavy atom. The van der Waals surface area contributed by atoms with Crippen LogP contribution in [0.3, 0.4) is 0 Å². The molecular weight excluding hydrogens is 340 g/mol. The maximum absolute atomic E-state index is 8.14. The molecule has 1 aromatic heterocycles. The molecule has 2 aromatic rings. The molecular formula is C21H24N4O2. The van der Waals surface area contributed by atoms with Gasteiger partial charge in [-0.3, -0.25) is 5.41 Å². The largest absolute Gasteiger partial charge is 0.436 e. The van der Waals surface area contributed by atoms with Crippen LogP contribution < -0.4 is 4.74 Å². The molecule has 0 spiro atoms. The van der Waals surface area contributed by atoms with Crippen molar-refractivity contribution in [2.75, 3.05) is 7.05 Å². The SMILES string of the molecule is C/C=N/C(Oc1c(C)cc(-c2c(C)noc2C)cc1C)=C1\C(=N)C=CN1C. The van der Waals surface area contributed by atoms with Gasteiger partial charge >= 0.3 is 0 Å². The molecule has 0 radical (unpaired) electrons. The van der Waals surface area contributed by atoms with Crippen molar-refractivity contribution in [1.82, 2.24) is 10.1 Å². The summed E-state index contributed by atoms with van der Waals surface area (Å²) < 4.78 is 11.5. The first kappa shape index (κ1) is 18.6. The number of ether oxygens (including phenoxy) is 1. The average molecular weight is 364 g/mol. The third kappa shape index (κ3) is 3.43. The van der Waals surface area contributed by atoms with Crippen LogP contribution in [0.1, 0.15) is 29.5 Å². The lowest BCUT2D eigenvalue weighted by atomic mass is 9.98. The molecule has 6 nitrogen and oxygen atoms in total. The van der Waals surface area contributed by atoms with Crippen molar-refractivity contribution >= 4 is 11.9 Å². The van der Waals surface area contributed by atoms with E-state index in [0.29, 0.717) is 17.3 Å². The molecule has 0 bridgehead atoms. The monoisotopic (exact) mass is 364 g/mol. The second-order valence-corrected chi connectivity index (χ2v) is 6.62. The van der Waals surface area contributed by atoms with Gasteiger partial charge in [0, 0.05) is 25.0 Å². The van der Waals surface area contributed by atoms with Gasteiger partial charge in [0.15, 0.2) is 0 Å². The Hall–Kier alpha value is -3.15. The second-order valence-electron chi connectivity index (χ2n) is 6.62. The highest BCUT2D eigenvalue weighted by atomic mass is 16.5. The molecule has 0 aliphatic carbocycles. The fourth-order valence-electron chi connectivity index (χ4n) is 3.30. The van der Waals surface area contributed by atoms with Gasteiger partial charge in [-0.05, 0) is 69.5 Å². The Bertz CT molecular complexity index is 953. The van der Waals surface area contributed by atoms with Gasteiger partial charge < -0.3 is 14.2 Å². The van der Waals surface area contributed by atoms with Crippen LogP contribution in [0.4, 0.5) is 0 Å². The molecule has 0 amide bonds. The maximum Gasteiger partial charge on any atom is 0.245 e. The quantitative estimate of drug-likeness (QED) is 0.631. The van der Waals surface area contributed by atoms with Crippen LogP contribution in [-0.4, -0.2) is 29.0 Å². The molecule has 0 saturated heterocycles. The number of hydrogen-bond donors (Lipinski definition) is 1. The summed E-state index contributed by atoms with van der Waals surface area (Å²) in [5.41, 5.74) is 5.91. The van der Waals surface area contributed by atoms with Crippen molar-refractivity contribution in [2.45, 2.75) is 34.6 Å². The highest BCUT2D eigenvalue weighted by Crippen LogP contribution is 2.35. The van der Waals surface area contributed by atoms with Crippen molar-refractivity contribution < 1.29 is 9.26 Å². The van der Waals surface area contributed by atoms with E-state index < -0.39 is 0 Å². The summed E-state index contributed by atoms with van der Waals surface area (Å²) in [5, 5.41) is 12.2. The van der Waals surface area contributed by atoms with Gasteiger partial charge in [-0.15, -0.1) is 0 Å². The topological polar surface area (TPSA) is 74.7 Å². The van der Waals surface area contributed by atoms with Crippen LogP contribution in [0.25, 0.3) is 11.1 Å². The molecule has 140 valence electrons. The Labute approximate surface area is 159 Å². The number of rotatable bonds is 4. The van der Waals surface area contributed by atoms with Crippen LogP contribution in [-0.2, 0) is 0 Å². The number of aryl methyl sites for hydroxylation is 4. The van der Waals surface area contributed by atoms with Gasteiger partial charge in [0.2, 0.25) is 5.88 Å². The lowest BCUT2D eigenvalue weighted by Crippen LogP contribution is -2.15. The van der Waals surface area contributed by atoms with E-state index in [1.807, 2.05) is 52.8 Å². The van der Waals surface area contributed by atoms with Gasteiger partial charge in [0.25, 0.3) is 0 Å². The predicted molar refractivity (Wildman–Crippen MR) is 107 cm³/mol. The molecule has 0 unspecified atom stereocenters. The minimum atomic E-state index is 0.376. The highest BCUT2D eigenvalue weighted by Gasteiger charge is 2.22. The predicted octanol–water partition coefficient (Wildman–Crippen LogP) is 4.69. The van der Waals surface area contributed by atoms with E-state index in [9.17, 15) is 0 Å². The zero-order valence-corrected chi connectivity index (χ0v) is 16.5. The van der Waals surface area contributed by atoms with E-state index in [1.165, 1.54) is 0 Å². The van der Waals surface area contributed by atoms with E-state index >= 15 is 0 Å². The van der Waals surface area contributed by atoms with Gasteiger partial charge in [0.05, 0.1) is 11.4 Å². The average Bonchev–Trinajstić information content (AvgIpc) is 3.11. The fourth-order valence-corrected chi connectivity index (χ4v) is 3.30. The summed E-state index contributed by atoms with van der Waals surface area (Å²) in [6.07, 6.45) is 5.22. The number of aliphatic imine (C=N–C) groups is 1. The Morgan fingerprint density at radius 1 is 1.22 bits per heavy atom. The van der Waals surface area contributed by atoms with Crippen molar-refractivity contribution in [3.05, 3.63) is 58.6 Å². The number of benzene rings is 1. The molecule has 1 aliphatic rings. The standard InChI is InChI=1S/C21H24N4O2/c1-7-23-21(19-17(22)8-9-25(19)6)26-20-12(2)10-16(11-13(20)3)18-14(4)24-27-15(18)5/h7-11,22H,1-6H3/b21-19-,22-17?,23-7+.